The molecule has 126 valence electrons. The first-order valence-corrected chi connectivity index (χ1v) is 8.87. The predicted octanol–water partition coefficient (Wildman–Crippen LogP) is 4.73. The normalized spacial score (nSPS) is 11.8. The molecule has 1 N–H and O–H groups in total. The van der Waals surface area contributed by atoms with Gasteiger partial charge in [-0.2, -0.15) is 18.4 Å². The molecular weight excluding hydrogens is 385 g/mol. The Hall–Kier alpha value is -1.89. The molecule has 0 aliphatic rings. The third-order valence-electron chi connectivity index (χ3n) is 2.82. The van der Waals surface area contributed by atoms with Gasteiger partial charge in [0.05, 0.1) is 15.5 Å². The topological polar surface area (TPSA) is 70.0 Å². The molecule has 24 heavy (non-hydrogen) atoms. The largest absolute Gasteiger partial charge is 0.417 e. The van der Waals surface area contributed by atoms with Crippen molar-refractivity contribution in [2.24, 2.45) is 0 Å². The summed E-state index contributed by atoms with van der Waals surface area (Å²) in [5.41, 5.74) is -1.40. The summed E-state index contributed by atoms with van der Waals surface area (Å²) in [6.07, 6.45) is -4.70. The zero-order valence-corrected chi connectivity index (χ0v) is 14.0. The fourth-order valence-corrected chi connectivity index (χ4v) is 3.41. The van der Waals surface area contributed by atoms with Gasteiger partial charge in [0.2, 0.25) is 0 Å². The summed E-state index contributed by atoms with van der Waals surface area (Å²) in [7, 11) is -4.07. The van der Waals surface area contributed by atoms with E-state index in [1.807, 2.05) is 5.40 Å². The van der Waals surface area contributed by atoms with E-state index in [-0.39, 0.29) is 10.6 Å². The van der Waals surface area contributed by atoms with Crippen LogP contribution in [-0.2, 0) is 16.2 Å². The molecule has 2 aromatic carbocycles. The SMILES string of the molecule is N#CSc1ccc(S(=O)(=O)Nc2ccc(Cl)c(C(F)(F)F)c2)cc1. The number of alkyl halides is 3. The van der Waals surface area contributed by atoms with E-state index in [9.17, 15) is 21.6 Å². The van der Waals surface area contributed by atoms with Crippen molar-refractivity contribution in [3.8, 4) is 5.40 Å². The fraction of sp³-hybridized carbons (Fsp3) is 0.0714. The molecule has 0 atom stereocenters. The maximum Gasteiger partial charge on any atom is 0.417 e. The highest BCUT2D eigenvalue weighted by Crippen LogP contribution is 2.36. The van der Waals surface area contributed by atoms with E-state index in [1.165, 1.54) is 24.3 Å². The lowest BCUT2D eigenvalue weighted by Crippen LogP contribution is -2.14. The second kappa shape index (κ2) is 6.93. The van der Waals surface area contributed by atoms with Crippen molar-refractivity contribution in [1.29, 1.82) is 5.26 Å². The minimum Gasteiger partial charge on any atom is -0.280 e. The smallest absolute Gasteiger partial charge is 0.280 e. The number of sulfonamides is 1. The predicted molar refractivity (Wildman–Crippen MR) is 85.2 cm³/mol. The Morgan fingerprint density at radius 3 is 2.29 bits per heavy atom. The van der Waals surface area contributed by atoms with Crippen LogP contribution in [0, 0.1) is 10.7 Å². The quantitative estimate of drug-likeness (QED) is 0.603. The number of nitrogens with one attached hydrogen (secondary N) is 1. The van der Waals surface area contributed by atoms with Crippen molar-refractivity contribution >= 4 is 39.1 Å². The van der Waals surface area contributed by atoms with Crippen molar-refractivity contribution in [3.63, 3.8) is 0 Å². The number of nitrogens with zero attached hydrogens (tertiary/aromatic N) is 1. The Morgan fingerprint density at radius 1 is 1.12 bits per heavy atom. The highest BCUT2D eigenvalue weighted by Gasteiger charge is 2.33. The van der Waals surface area contributed by atoms with Crippen LogP contribution < -0.4 is 4.72 Å². The first-order valence-electron chi connectivity index (χ1n) is 6.19. The Bertz CT molecular complexity index is 892. The summed E-state index contributed by atoms with van der Waals surface area (Å²) in [6, 6.07) is 8.08. The van der Waals surface area contributed by atoms with Crippen LogP contribution in [0.4, 0.5) is 18.9 Å². The summed E-state index contributed by atoms with van der Waals surface area (Å²) in [5, 5.41) is 9.85. The van der Waals surface area contributed by atoms with Crippen LogP contribution >= 0.6 is 23.4 Å². The number of thiocyanates is 1. The molecule has 2 aromatic rings. The highest BCUT2D eigenvalue weighted by atomic mass is 35.5. The zero-order valence-electron chi connectivity index (χ0n) is 11.6. The number of benzene rings is 2. The van der Waals surface area contributed by atoms with Gasteiger partial charge in [0.1, 0.15) is 5.40 Å². The maximum atomic E-state index is 12.8. The van der Waals surface area contributed by atoms with Crippen molar-refractivity contribution in [3.05, 3.63) is 53.1 Å². The molecule has 0 heterocycles. The first kappa shape index (κ1) is 18.4. The van der Waals surface area contributed by atoms with E-state index >= 15 is 0 Å². The third kappa shape index (κ3) is 4.35. The molecular formula is C14H8ClF3N2O2S2. The summed E-state index contributed by atoms with van der Waals surface area (Å²) in [4.78, 5) is 0.399. The lowest BCUT2D eigenvalue weighted by Gasteiger charge is -2.13. The summed E-state index contributed by atoms with van der Waals surface area (Å²) in [6.45, 7) is 0. The molecule has 0 aliphatic heterocycles. The van der Waals surface area contributed by atoms with E-state index in [0.717, 1.165) is 23.9 Å². The van der Waals surface area contributed by atoms with E-state index < -0.39 is 26.8 Å². The molecule has 0 saturated heterocycles. The Morgan fingerprint density at radius 2 is 1.75 bits per heavy atom. The van der Waals surface area contributed by atoms with Gasteiger partial charge < -0.3 is 0 Å². The summed E-state index contributed by atoms with van der Waals surface area (Å²) in [5.74, 6) is 0. The van der Waals surface area contributed by atoms with Crippen LogP contribution in [0.2, 0.25) is 5.02 Å². The van der Waals surface area contributed by atoms with Crippen molar-refractivity contribution in [1.82, 2.24) is 0 Å². The fourth-order valence-electron chi connectivity index (χ4n) is 1.76. The van der Waals surface area contributed by atoms with E-state index in [1.54, 1.807) is 0 Å². The van der Waals surface area contributed by atoms with Crippen LogP contribution in [-0.4, -0.2) is 8.42 Å². The Balaban J connectivity index is 2.31. The van der Waals surface area contributed by atoms with Gasteiger partial charge >= 0.3 is 6.18 Å². The molecule has 2 rings (SSSR count). The number of nitriles is 1. The molecule has 0 amide bonds. The van der Waals surface area contributed by atoms with E-state index in [2.05, 4.69) is 4.72 Å². The van der Waals surface area contributed by atoms with Crippen LogP contribution in [0.5, 0.6) is 0 Å². The number of halogens is 4. The average Bonchev–Trinajstić information content (AvgIpc) is 2.49. The van der Waals surface area contributed by atoms with Gasteiger partial charge in [-0.3, -0.25) is 4.72 Å². The Labute approximate surface area is 145 Å². The maximum absolute atomic E-state index is 12.8. The summed E-state index contributed by atoms with van der Waals surface area (Å²) >= 11 is 6.35. The van der Waals surface area contributed by atoms with Crippen LogP contribution in [0.25, 0.3) is 0 Å². The van der Waals surface area contributed by atoms with Gasteiger partial charge in [-0.15, -0.1) is 0 Å². The number of thioether (sulfide) groups is 1. The van der Waals surface area contributed by atoms with Gasteiger partial charge in [-0.25, -0.2) is 8.42 Å². The first-order chi connectivity index (χ1) is 11.1. The third-order valence-corrected chi connectivity index (χ3v) is 5.15. The second-order valence-electron chi connectivity index (χ2n) is 4.46. The van der Waals surface area contributed by atoms with Gasteiger partial charge in [0.15, 0.2) is 0 Å². The molecule has 0 aliphatic carbocycles. The lowest BCUT2D eigenvalue weighted by molar-refractivity contribution is -0.137. The summed E-state index contributed by atoms with van der Waals surface area (Å²) < 4.78 is 64.9. The van der Waals surface area contributed by atoms with Crippen molar-refractivity contribution in [2.75, 3.05) is 4.72 Å². The van der Waals surface area contributed by atoms with Crippen molar-refractivity contribution in [2.45, 2.75) is 16.0 Å². The monoisotopic (exact) mass is 392 g/mol. The van der Waals surface area contributed by atoms with Crippen molar-refractivity contribution < 1.29 is 21.6 Å². The number of anilines is 1. The molecule has 0 aromatic heterocycles. The molecule has 0 saturated carbocycles. The number of rotatable bonds is 4. The van der Waals surface area contributed by atoms with Crippen LogP contribution in [0.15, 0.2) is 52.3 Å². The molecule has 0 fully saturated rings. The minimum absolute atomic E-state index is 0.145. The molecule has 4 nitrogen and oxygen atoms in total. The van der Waals surface area contributed by atoms with Gasteiger partial charge in [-0.1, -0.05) is 11.6 Å². The minimum atomic E-state index is -4.70. The average molecular weight is 393 g/mol. The van der Waals surface area contributed by atoms with E-state index in [0.29, 0.717) is 11.0 Å². The highest BCUT2D eigenvalue weighted by molar-refractivity contribution is 8.03. The molecule has 10 heteroatoms. The van der Waals surface area contributed by atoms with Gasteiger partial charge in [-0.05, 0) is 54.2 Å². The lowest BCUT2D eigenvalue weighted by atomic mass is 10.2. The van der Waals surface area contributed by atoms with Crippen LogP contribution in [0.3, 0.4) is 0 Å². The zero-order chi connectivity index (χ0) is 18.0. The molecule has 0 unspecified atom stereocenters. The standard InChI is InChI=1S/C14H8ClF3N2O2S2/c15-13-6-1-9(7-12(13)14(16,17)18)20-24(21,22)11-4-2-10(3-5-11)23-8-19/h1-7,20H. The van der Waals surface area contributed by atoms with Gasteiger partial charge in [0.25, 0.3) is 10.0 Å². The number of hydrogen-bond acceptors (Lipinski definition) is 4. The molecule has 0 spiro atoms. The molecule has 0 bridgehead atoms. The molecule has 0 radical (unpaired) electrons. The number of hydrogen-bond donors (Lipinski definition) is 1. The second-order valence-corrected chi connectivity index (χ2v) is 7.41. The van der Waals surface area contributed by atoms with Gasteiger partial charge in [0, 0.05) is 10.6 Å². The Kier molecular flexibility index (Phi) is 5.32. The van der Waals surface area contributed by atoms with Crippen LogP contribution in [0.1, 0.15) is 5.56 Å². The van der Waals surface area contributed by atoms with E-state index in [4.69, 9.17) is 16.9 Å².